The average molecular weight is 249 g/mol. The van der Waals surface area contributed by atoms with Crippen LogP contribution in [0, 0.1) is 0 Å². The first-order chi connectivity index (χ1) is 8.83. The van der Waals surface area contributed by atoms with Gasteiger partial charge in [-0.3, -0.25) is 4.79 Å². The fourth-order valence-electron chi connectivity index (χ4n) is 2.75. The van der Waals surface area contributed by atoms with Gasteiger partial charge in [-0.2, -0.15) is 5.10 Å². The number of rotatable bonds is 4. The highest BCUT2D eigenvalue weighted by molar-refractivity contribution is 5.78. The van der Waals surface area contributed by atoms with Crippen molar-refractivity contribution in [3.05, 3.63) is 12.2 Å². The molecule has 3 heterocycles. The Morgan fingerprint density at radius 3 is 3.22 bits per heavy atom. The van der Waals surface area contributed by atoms with E-state index < -0.39 is 0 Å². The van der Waals surface area contributed by atoms with E-state index in [-0.39, 0.29) is 0 Å². The van der Waals surface area contributed by atoms with E-state index >= 15 is 0 Å². The summed E-state index contributed by atoms with van der Waals surface area (Å²) < 4.78 is 1.97. The van der Waals surface area contributed by atoms with Gasteiger partial charge in [0.2, 0.25) is 5.91 Å². The van der Waals surface area contributed by atoms with Crippen molar-refractivity contribution < 1.29 is 4.79 Å². The molecule has 3 rings (SSSR count). The molecule has 1 saturated heterocycles. The van der Waals surface area contributed by atoms with Gasteiger partial charge in [-0.05, 0) is 12.8 Å². The summed E-state index contributed by atoms with van der Waals surface area (Å²) in [5.74, 6) is 1.39. The normalized spacial score (nSPS) is 23.4. The summed E-state index contributed by atoms with van der Waals surface area (Å²) in [6.07, 6.45) is 5.46. The lowest BCUT2D eigenvalue weighted by Gasteiger charge is -2.25. The maximum absolute atomic E-state index is 11.5. The highest BCUT2D eigenvalue weighted by Crippen LogP contribution is 2.12. The molecule has 1 aromatic heterocycles. The second-order valence-electron chi connectivity index (χ2n) is 5.03. The molecule has 2 aliphatic heterocycles. The van der Waals surface area contributed by atoms with Crippen LogP contribution in [-0.4, -0.2) is 51.2 Å². The molecule has 0 unspecified atom stereocenters. The number of carbonyl (C=O) groups excluding carboxylic acids is 1. The summed E-state index contributed by atoms with van der Waals surface area (Å²) >= 11 is 0. The van der Waals surface area contributed by atoms with Gasteiger partial charge in [-0.1, -0.05) is 0 Å². The number of hydrogen-bond donors (Lipinski definition) is 1. The molecule has 6 heteroatoms. The molecular weight excluding hydrogens is 230 g/mol. The molecule has 0 aromatic carbocycles. The number of amides is 1. The molecule has 0 aliphatic carbocycles. The molecular formula is C12H19N5O. The van der Waals surface area contributed by atoms with E-state index in [9.17, 15) is 4.79 Å². The van der Waals surface area contributed by atoms with Gasteiger partial charge in [0.25, 0.3) is 0 Å². The van der Waals surface area contributed by atoms with Gasteiger partial charge in [0.05, 0.1) is 6.54 Å². The standard InChI is InChI=1S/C12H19N5O/c18-12-2-1-6-16(12)7-5-13-10-3-4-11-14-9-15-17(11)8-10/h9-10,13H,1-8H2/t10-/m0/s1. The molecule has 1 N–H and O–H groups in total. The Morgan fingerprint density at radius 1 is 1.44 bits per heavy atom. The second-order valence-corrected chi connectivity index (χ2v) is 5.03. The number of carbonyl (C=O) groups is 1. The van der Waals surface area contributed by atoms with E-state index in [4.69, 9.17) is 0 Å². The van der Waals surface area contributed by atoms with Gasteiger partial charge in [0.15, 0.2) is 0 Å². The van der Waals surface area contributed by atoms with E-state index in [1.807, 2.05) is 9.58 Å². The Kier molecular flexibility index (Phi) is 3.27. The minimum Gasteiger partial charge on any atom is -0.341 e. The molecule has 1 atom stereocenters. The number of likely N-dealkylation sites (tertiary alicyclic amines) is 1. The Labute approximate surface area is 106 Å². The maximum atomic E-state index is 11.5. The summed E-state index contributed by atoms with van der Waals surface area (Å²) in [5, 5.41) is 7.72. The van der Waals surface area contributed by atoms with Gasteiger partial charge < -0.3 is 10.2 Å². The fourth-order valence-corrected chi connectivity index (χ4v) is 2.75. The lowest BCUT2D eigenvalue weighted by molar-refractivity contribution is -0.127. The van der Waals surface area contributed by atoms with Gasteiger partial charge >= 0.3 is 0 Å². The Balaban J connectivity index is 1.43. The van der Waals surface area contributed by atoms with Crippen molar-refractivity contribution in [3.8, 4) is 0 Å². The van der Waals surface area contributed by atoms with E-state index in [1.165, 1.54) is 0 Å². The summed E-state index contributed by atoms with van der Waals surface area (Å²) in [5.41, 5.74) is 0. The van der Waals surface area contributed by atoms with Crippen molar-refractivity contribution in [1.29, 1.82) is 0 Å². The third-order valence-corrected chi connectivity index (χ3v) is 3.79. The minimum absolute atomic E-state index is 0.305. The van der Waals surface area contributed by atoms with E-state index in [2.05, 4.69) is 15.4 Å². The number of hydrogen-bond acceptors (Lipinski definition) is 4. The van der Waals surface area contributed by atoms with E-state index in [0.717, 1.165) is 57.7 Å². The molecule has 2 aliphatic rings. The van der Waals surface area contributed by atoms with Crippen LogP contribution in [0.5, 0.6) is 0 Å². The van der Waals surface area contributed by atoms with Crippen molar-refractivity contribution >= 4 is 5.91 Å². The molecule has 0 radical (unpaired) electrons. The van der Waals surface area contributed by atoms with Crippen molar-refractivity contribution in [2.75, 3.05) is 19.6 Å². The van der Waals surface area contributed by atoms with Crippen molar-refractivity contribution in [3.63, 3.8) is 0 Å². The third-order valence-electron chi connectivity index (χ3n) is 3.79. The van der Waals surface area contributed by atoms with E-state index in [0.29, 0.717) is 11.9 Å². The molecule has 0 saturated carbocycles. The molecule has 1 aromatic rings. The van der Waals surface area contributed by atoms with Crippen molar-refractivity contribution in [2.24, 2.45) is 0 Å². The van der Waals surface area contributed by atoms with Crippen LogP contribution in [0.15, 0.2) is 6.33 Å². The smallest absolute Gasteiger partial charge is 0.222 e. The zero-order valence-corrected chi connectivity index (χ0v) is 10.5. The largest absolute Gasteiger partial charge is 0.341 e. The van der Waals surface area contributed by atoms with Crippen LogP contribution < -0.4 is 5.32 Å². The Morgan fingerprint density at radius 2 is 2.39 bits per heavy atom. The molecule has 0 spiro atoms. The van der Waals surface area contributed by atoms with Crippen LogP contribution >= 0.6 is 0 Å². The van der Waals surface area contributed by atoms with Crippen LogP contribution in [-0.2, 0) is 17.8 Å². The molecule has 18 heavy (non-hydrogen) atoms. The number of nitrogens with zero attached hydrogens (tertiary/aromatic N) is 4. The summed E-state index contributed by atoms with van der Waals surface area (Å²) in [6.45, 7) is 3.53. The quantitative estimate of drug-likeness (QED) is 0.803. The predicted molar refractivity (Wildman–Crippen MR) is 65.9 cm³/mol. The molecule has 98 valence electrons. The number of aryl methyl sites for hydroxylation is 1. The monoisotopic (exact) mass is 249 g/mol. The fraction of sp³-hybridized carbons (Fsp3) is 0.750. The van der Waals surface area contributed by atoms with Crippen molar-refractivity contribution in [2.45, 2.75) is 38.3 Å². The van der Waals surface area contributed by atoms with Crippen LogP contribution in [0.2, 0.25) is 0 Å². The van der Waals surface area contributed by atoms with Crippen LogP contribution in [0.3, 0.4) is 0 Å². The zero-order valence-electron chi connectivity index (χ0n) is 10.5. The highest BCUT2D eigenvalue weighted by Gasteiger charge is 2.21. The van der Waals surface area contributed by atoms with Gasteiger partial charge in [0.1, 0.15) is 12.2 Å². The van der Waals surface area contributed by atoms with Gasteiger partial charge in [-0.25, -0.2) is 9.67 Å². The minimum atomic E-state index is 0.305. The first-order valence-electron chi connectivity index (χ1n) is 6.71. The van der Waals surface area contributed by atoms with Crippen molar-refractivity contribution in [1.82, 2.24) is 25.0 Å². The second kappa shape index (κ2) is 5.06. The topological polar surface area (TPSA) is 63.1 Å². The Bertz CT molecular complexity index is 430. The zero-order chi connectivity index (χ0) is 12.4. The first kappa shape index (κ1) is 11.6. The number of nitrogens with one attached hydrogen (secondary N) is 1. The SMILES string of the molecule is O=C1CCCN1CCN[C@H]1CCc2ncnn2C1. The average Bonchev–Trinajstić information content (AvgIpc) is 2.98. The summed E-state index contributed by atoms with van der Waals surface area (Å²) in [7, 11) is 0. The van der Waals surface area contributed by atoms with Gasteiger partial charge in [0, 0.05) is 38.5 Å². The lowest BCUT2D eigenvalue weighted by atomic mass is 10.1. The van der Waals surface area contributed by atoms with Crippen LogP contribution in [0.25, 0.3) is 0 Å². The number of aromatic nitrogens is 3. The highest BCUT2D eigenvalue weighted by atomic mass is 16.2. The molecule has 1 fully saturated rings. The van der Waals surface area contributed by atoms with Gasteiger partial charge in [-0.15, -0.1) is 0 Å². The molecule has 6 nitrogen and oxygen atoms in total. The van der Waals surface area contributed by atoms with Crippen LogP contribution in [0.1, 0.15) is 25.1 Å². The Hall–Kier alpha value is -1.43. The number of fused-ring (bicyclic) bond motifs is 1. The molecule has 0 bridgehead atoms. The van der Waals surface area contributed by atoms with E-state index in [1.54, 1.807) is 6.33 Å². The maximum Gasteiger partial charge on any atom is 0.222 e. The summed E-state index contributed by atoms with van der Waals surface area (Å²) in [6, 6.07) is 0.455. The lowest BCUT2D eigenvalue weighted by Crippen LogP contribution is -2.42. The van der Waals surface area contributed by atoms with Crippen LogP contribution in [0.4, 0.5) is 0 Å². The predicted octanol–water partition coefficient (Wildman–Crippen LogP) is -0.195. The first-order valence-corrected chi connectivity index (χ1v) is 6.71. The third kappa shape index (κ3) is 2.38. The summed E-state index contributed by atoms with van der Waals surface area (Å²) in [4.78, 5) is 17.6. The molecule has 1 amide bonds.